The second-order valence-corrected chi connectivity index (χ2v) is 7.00. The Morgan fingerprint density at radius 1 is 1.42 bits per heavy atom. The molecule has 0 N–H and O–H groups in total. The predicted octanol–water partition coefficient (Wildman–Crippen LogP) is 1.81. The number of hydrogen-bond donors (Lipinski definition) is 0. The fraction of sp³-hybridized carbons (Fsp3) is 0.294. The second kappa shape index (κ2) is 5.83. The lowest BCUT2D eigenvalue weighted by Crippen LogP contribution is -2.33. The summed E-state index contributed by atoms with van der Waals surface area (Å²) in [5, 5.41) is 0.713. The van der Waals surface area contributed by atoms with Gasteiger partial charge in [-0.15, -0.1) is 11.3 Å². The summed E-state index contributed by atoms with van der Waals surface area (Å²) in [6.45, 7) is 3.27. The highest BCUT2D eigenvalue weighted by Crippen LogP contribution is 2.32. The molecular weight excluding hydrogens is 324 g/mol. The van der Waals surface area contributed by atoms with Gasteiger partial charge in [-0.1, -0.05) is 6.07 Å². The fourth-order valence-corrected chi connectivity index (χ4v) is 4.28. The van der Waals surface area contributed by atoms with Crippen molar-refractivity contribution in [3.8, 4) is 0 Å². The van der Waals surface area contributed by atoms with Crippen LogP contribution in [0.15, 0.2) is 35.6 Å². The minimum Gasteiger partial charge on any atom is -0.337 e. The van der Waals surface area contributed by atoms with Gasteiger partial charge >= 0.3 is 0 Å². The second-order valence-electron chi connectivity index (χ2n) is 5.91. The van der Waals surface area contributed by atoms with Crippen LogP contribution >= 0.6 is 11.3 Å². The van der Waals surface area contributed by atoms with Crippen LogP contribution in [0.1, 0.15) is 22.9 Å². The standard InChI is InChI=1S/C17H16N4O2S/c1-11(22)20-6-4-13-14(9-20)24-16-15(13)17(23)21(10-19-16)8-12-3-2-5-18-7-12/h2-3,5,7,10H,4,6,8-9H2,1H3. The smallest absolute Gasteiger partial charge is 0.262 e. The van der Waals surface area contributed by atoms with E-state index >= 15 is 0 Å². The third-order valence-corrected chi connectivity index (χ3v) is 5.47. The Morgan fingerprint density at radius 3 is 3.04 bits per heavy atom. The number of carbonyl (C=O) groups excluding carboxylic acids is 1. The molecule has 0 saturated carbocycles. The highest BCUT2D eigenvalue weighted by Gasteiger charge is 2.24. The Morgan fingerprint density at radius 2 is 2.29 bits per heavy atom. The van der Waals surface area contributed by atoms with Gasteiger partial charge < -0.3 is 4.90 Å². The average Bonchev–Trinajstić information content (AvgIpc) is 2.96. The van der Waals surface area contributed by atoms with E-state index in [0.29, 0.717) is 31.4 Å². The predicted molar refractivity (Wildman–Crippen MR) is 92.0 cm³/mol. The maximum Gasteiger partial charge on any atom is 0.262 e. The first-order valence-corrected chi connectivity index (χ1v) is 8.59. The molecule has 0 radical (unpaired) electrons. The molecule has 0 atom stereocenters. The van der Waals surface area contributed by atoms with Crippen LogP contribution in [0, 0.1) is 0 Å². The lowest BCUT2D eigenvalue weighted by molar-refractivity contribution is -0.129. The Kier molecular flexibility index (Phi) is 3.65. The molecule has 7 heteroatoms. The lowest BCUT2D eigenvalue weighted by atomic mass is 10.1. The maximum atomic E-state index is 12.9. The molecule has 0 aromatic carbocycles. The molecule has 24 heavy (non-hydrogen) atoms. The molecule has 1 aliphatic rings. The number of hydrogen-bond acceptors (Lipinski definition) is 5. The molecule has 1 aliphatic heterocycles. The van der Waals surface area contributed by atoms with Crippen LogP contribution in [0.5, 0.6) is 0 Å². The van der Waals surface area contributed by atoms with Crippen LogP contribution < -0.4 is 5.56 Å². The van der Waals surface area contributed by atoms with E-state index in [9.17, 15) is 9.59 Å². The van der Waals surface area contributed by atoms with Crippen molar-refractivity contribution in [3.63, 3.8) is 0 Å². The van der Waals surface area contributed by atoms with Crippen molar-refractivity contribution in [1.82, 2.24) is 19.4 Å². The zero-order valence-electron chi connectivity index (χ0n) is 13.2. The fourth-order valence-electron chi connectivity index (χ4n) is 3.09. The third kappa shape index (κ3) is 2.50. The van der Waals surface area contributed by atoms with E-state index in [1.165, 1.54) is 11.3 Å². The van der Waals surface area contributed by atoms with Gasteiger partial charge in [0.1, 0.15) is 4.83 Å². The van der Waals surface area contributed by atoms with Crippen LogP contribution in [0.3, 0.4) is 0 Å². The van der Waals surface area contributed by atoms with Crippen molar-refractivity contribution in [2.45, 2.75) is 26.4 Å². The maximum absolute atomic E-state index is 12.9. The topological polar surface area (TPSA) is 68.1 Å². The zero-order valence-corrected chi connectivity index (χ0v) is 14.0. The molecule has 0 aliphatic carbocycles. The minimum atomic E-state index is -0.0161. The molecule has 0 spiro atoms. The number of fused-ring (bicyclic) bond motifs is 3. The highest BCUT2D eigenvalue weighted by molar-refractivity contribution is 7.18. The van der Waals surface area contributed by atoms with Gasteiger partial charge in [-0.25, -0.2) is 4.98 Å². The highest BCUT2D eigenvalue weighted by atomic mass is 32.1. The van der Waals surface area contributed by atoms with E-state index in [1.807, 2.05) is 17.0 Å². The Bertz CT molecular complexity index is 977. The number of pyridine rings is 1. The first-order valence-electron chi connectivity index (χ1n) is 7.77. The summed E-state index contributed by atoms with van der Waals surface area (Å²) in [5.41, 5.74) is 2.01. The van der Waals surface area contributed by atoms with Crippen molar-refractivity contribution < 1.29 is 4.79 Å². The normalized spacial score (nSPS) is 14.0. The van der Waals surface area contributed by atoms with Gasteiger partial charge in [0, 0.05) is 30.7 Å². The van der Waals surface area contributed by atoms with Gasteiger partial charge in [0.25, 0.3) is 5.56 Å². The molecule has 4 rings (SSSR count). The number of thiophene rings is 1. The summed E-state index contributed by atoms with van der Waals surface area (Å²) < 4.78 is 1.63. The van der Waals surface area contributed by atoms with Gasteiger partial charge in [-0.2, -0.15) is 0 Å². The molecule has 1 amide bonds. The number of aromatic nitrogens is 3. The lowest BCUT2D eigenvalue weighted by Gasteiger charge is -2.25. The Hall–Kier alpha value is -2.54. The zero-order chi connectivity index (χ0) is 16.7. The largest absolute Gasteiger partial charge is 0.337 e. The monoisotopic (exact) mass is 340 g/mol. The first kappa shape index (κ1) is 15.0. The Labute approximate surface area is 142 Å². The van der Waals surface area contributed by atoms with Gasteiger partial charge in [-0.3, -0.25) is 19.1 Å². The Balaban J connectivity index is 1.77. The molecule has 0 saturated heterocycles. The van der Waals surface area contributed by atoms with Crippen LogP contribution in [0.25, 0.3) is 10.2 Å². The molecular formula is C17H16N4O2S. The molecule has 3 aromatic rings. The summed E-state index contributed by atoms with van der Waals surface area (Å²) >= 11 is 1.52. The minimum absolute atomic E-state index is 0.0161. The van der Waals surface area contributed by atoms with E-state index in [-0.39, 0.29) is 11.5 Å². The number of carbonyl (C=O) groups is 1. The molecule has 0 fully saturated rings. The molecule has 0 unspecified atom stereocenters. The van der Waals surface area contributed by atoms with Crippen LogP contribution in [-0.4, -0.2) is 31.9 Å². The van der Waals surface area contributed by atoms with Crippen LogP contribution in [-0.2, 0) is 24.3 Å². The quantitative estimate of drug-likeness (QED) is 0.713. The third-order valence-electron chi connectivity index (χ3n) is 4.35. The van der Waals surface area contributed by atoms with E-state index in [2.05, 4.69) is 9.97 Å². The SMILES string of the molecule is CC(=O)N1CCc2c(sc3ncn(Cc4cccnc4)c(=O)c23)C1. The van der Waals surface area contributed by atoms with Crippen molar-refractivity contribution in [2.24, 2.45) is 0 Å². The van der Waals surface area contributed by atoms with E-state index in [4.69, 9.17) is 0 Å². The number of rotatable bonds is 2. The van der Waals surface area contributed by atoms with Crippen molar-refractivity contribution in [2.75, 3.05) is 6.54 Å². The van der Waals surface area contributed by atoms with Crippen LogP contribution in [0.4, 0.5) is 0 Å². The summed E-state index contributed by atoms with van der Waals surface area (Å²) in [6, 6.07) is 3.80. The van der Waals surface area contributed by atoms with Crippen molar-refractivity contribution in [3.05, 3.63) is 57.2 Å². The van der Waals surface area contributed by atoms with E-state index < -0.39 is 0 Å². The van der Waals surface area contributed by atoms with Gasteiger partial charge in [0.2, 0.25) is 5.91 Å². The van der Waals surface area contributed by atoms with E-state index in [0.717, 1.165) is 20.8 Å². The molecule has 6 nitrogen and oxygen atoms in total. The van der Waals surface area contributed by atoms with Gasteiger partial charge in [0.15, 0.2) is 0 Å². The molecule has 122 valence electrons. The molecule has 0 bridgehead atoms. The summed E-state index contributed by atoms with van der Waals surface area (Å²) in [7, 11) is 0. The van der Waals surface area contributed by atoms with Gasteiger partial charge in [-0.05, 0) is 23.6 Å². The first-order chi connectivity index (χ1) is 11.6. The van der Waals surface area contributed by atoms with Crippen LogP contribution in [0.2, 0.25) is 0 Å². The average molecular weight is 340 g/mol. The summed E-state index contributed by atoms with van der Waals surface area (Å²) in [5.74, 6) is 0.0695. The van der Waals surface area contributed by atoms with E-state index in [1.54, 1.807) is 30.2 Å². The number of nitrogens with zero attached hydrogens (tertiary/aromatic N) is 4. The summed E-state index contributed by atoms with van der Waals surface area (Å²) in [6.07, 6.45) is 5.78. The van der Waals surface area contributed by atoms with Crippen molar-refractivity contribution >= 4 is 27.5 Å². The molecule has 3 aromatic heterocycles. The van der Waals surface area contributed by atoms with Gasteiger partial charge in [0.05, 0.1) is 24.8 Å². The van der Waals surface area contributed by atoms with Crippen molar-refractivity contribution in [1.29, 1.82) is 0 Å². The molecule has 4 heterocycles. The number of amides is 1. The summed E-state index contributed by atoms with van der Waals surface area (Å²) in [4.78, 5) is 36.7.